The minimum Gasteiger partial charge on any atom is -0.310 e. The predicted molar refractivity (Wildman–Crippen MR) is 288 cm³/mol. The third-order valence-electron chi connectivity index (χ3n) is 13.4. The molecule has 11 aromatic carbocycles. The van der Waals surface area contributed by atoms with Crippen molar-refractivity contribution in [3.63, 3.8) is 0 Å². The molecule has 0 N–H and O–H groups in total. The Labute approximate surface area is 393 Å². The summed E-state index contributed by atoms with van der Waals surface area (Å²) in [4.78, 5) is 2.47. The minimum atomic E-state index is 1.08. The highest BCUT2D eigenvalue weighted by Gasteiger charge is 2.24. The smallest absolute Gasteiger partial charge is 0.0562 e. The van der Waals surface area contributed by atoms with Gasteiger partial charge in [0.2, 0.25) is 0 Å². The average molecular weight is 871 g/mol. The molecule has 0 saturated carbocycles. The number of para-hydroxylation sites is 2. The normalized spacial score (nSPS) is 11.6. The molecule has 0 fully saturated rings. The van der Waals surface area contributed by atoms with Gasteiger partial charge in [0.15, 0.2) is 0 Å². The zero-order valence-electron chi connectivity index (χ0n) is 36.6. The number of fused-ring (bicyclic) bond motifs is 7. The molecule has 0 atom stereocenters. The number of nitrogens with zero attached hydrogens (tertiary/aromatic N) is 2. The van der Waals surface area contributed by atoms with Gasteiger partial charge in [-0.3, -0.25) is 0 Å². The van der Waals surface area contributed by atoms with E-state index in [0.29, 0.717) is 0 Å². The van der Waals surface area contributed by atoms with Crippen molar-refractivity contribution in [3.05, 3.63) is 255 Å². The maximum atomic E-state index is 2.47. The second-order valence-corrected chi connectivity index (χ2v) is 18.3. The Hall–Kier alpha value is -8.50. The SMILES string of the molecule is c1ccc(-c2ccc(N(c3ccc(-c4ccc5ccc(-c6ccccc6)cc5c4)cc3)c3cc4c(cc3-c3cccc5c3sc3ccccc35)c3ccccc3n4-c3ccccc3)cc2)cc1. The van der Waals surface area contributed by atoms with Crippen LogP contribution in [0.3, 0.4) is 0 Å². The largest absolute Gasteiger partial charge is 0.310 e. The highest BCUT2D eigenvalue weighted by atomic mass is 32.1. The molecule has 0 saturated heterocycles. The fourth-order valence-corrected chi connectivity index (χ4v) is 11.3. The van der Waals surface area contributed by atoms with Crippen molar-refractivity contribution in [2.45, 2.75) is 0 Å². The van der Waals surface area contributed by atoms with Gasteiger partial charge in [0.1, 0.15) is 0 Å². The molecule has 0 aliphatic carbocycles. The van der Waals surface area contributed by atoms with E-state index in [-0.39, 0.29) is 0 Å². The van der Waals surface area contributed by atoms with Crippen molar-refractivity contribution in [1.29, 1.82) is 0 Å². The molecule has 2 nitrogen and oxygen atoms in total. The first-order valence-electron chi connectivity index (χ1n) is 22.9. The van der Waals surface area contributed by atoms with E-state index >= 15 is 0 Å². The highest BCUT2D eigenvalue weighted by Crippen LogP contribution is 2.49. The molecule has 0 aliphatic rings. The van der Waals surface area contributed by atoms with Crippen LogP contribution in [0.2, 0.25) is 0 Å². The van der Waals surface area contributed by atoms with E-state index in [1.165, 1.54) is 91.7 Å². The Balaban J connectivity index is 1.05. The third-order valence-corrected chi connectivity index (χ3v) is 14.6. The molecule has 2 heterocycles. The first-order valence-corrected chi connectivity index (χ1v) is 23.7. The lowest BCUT2D eigenvalue weighted by Crippen LogP contribution is -2.11. The Morgan fingerprint density at radius 1 is 0.313 bits per heavy atom. The van der Waals surface area contributed by atoms with Crippen LogP contribution in [0.15, 0.2) is 255 Å². The molecule has 2 aromatic heterocycles. The molecule has 67 heavy (non-hydrogen) atoms. The Morgan fingerprint density at radius 2 is 0.836 bits per heavy atom. The van der Waals surface area contributed by atoms with Crippen molar-refractivity contribution in [2.75, 3.05) is 4.90 Å². The maximum Gasteiger partial charge on any atom is 0.0562 e. The molecule has 13 aromatic rings. The molecule has 0 unspecified atom stereocenters. The van der Waals surface area contributed by atoms with Crippen LogP contribution in [0.5, 0.6) is 0 Å². The van der Waals surface area contributed by atoms with Crippen molar-refractivity contribution >= 4 is 81.1 Å². The molecule has 0 radical (unpaired) electrons. The molecule has 3 heteroatoms. The van der Waals surface area contributed by atoms with Gasteiger partial charge in [0.05, 0.1) is 16.7 Å². The first-order chi connectivity index (χ1) is 33.2. The second kappa shape index (κ2) is 16.2. The first kappa shape index (κ1) is 38.9. The van der Waals surface area contributed by atoms with Crippen LogP contribution in [-0.4, -0.2) is 4.57 Å². The van der Waals surface area contributed by atoms with Crippen molar-refractivity contribution in [1.82, 2.24) is 4.57 Å². The number of hydrogen-bond donors (Lipinski definition) is 0. The average Bonchev–Trinajstić information content (AvgIpc) is 3.95. The highest BCUT2D eigenvalue weighted by molar-refractivity contribution is 7.26. The molecule has 0 spiro atoms. The van der Waals surface area contributed by atoms with Crippen LogP contribution in [0.1, 0.15) is 0 Å². The van der Waals surface area contributed by atoms with Gasteiger partial charge in [-0.25, -0.2) is 0 Å². The Kier molecular flexibility index (Phi) is 9.40. The van der Waals surface area contributed by atoms with E-state index in [1.807, 2.05) is 11.3 Å². The van der Waals surface area contributed by atoms with E-state index < -0.39 is 0 Å². The quantitative estimate of drug-likeness (QED) is 0.148. The third kappa shape index (κ3) is 6.79. The van der Waals surface area contributed by atoms with Crippen molar-refractivity contribution in [2.24, 2.45) is 0 Å². The number of thiophene rings is 1. The van der Waals surface area contributed by atoms with E-state index in [4.69, 9.17) is 0 Å². The van der Waals surface area contributed by atoms with Gasteiger partial charge in [-0.1, -0.05) is 182 Å². The summed E-state index contributed by atoms with van der Waals surface area (Å²) < 4.78 is 5.01. The number of hydrogen-bond acceptors (Lipinski definition) is 2. The summed E-state index contributed by atoms with van der Waals surface area (Å²) in [5, 5.41) is 7.48. The molecule has 13 rings (SSSR count). The van der Waals surface area contributed by atoms with Crippen LogP contribution in [-0.2, 0) is 0 Å². The lowest BCUT2D eigenvalue weighted by molar-refractivity contribution is 1.18. The number of aromatic nitrogens is 1. The van der Waals surface area contributed by atoms with Gasteiger partial charge in [-0.15, -0.1) is 11.3 Å². The standard InChI is InChI=1S/C64H42N2S/c1-4-15-43(16-5-1)45-31-35-52(36-32-45)65(53-37-33-46(34-38-53)49-30-28-47-27-29-48(39-50(47)40-49)44-17-6-2-7-18-44)61-42-62-58(54-21-10-12-25-60(54)66(62)51-19-8-3-9-20-51)41-59(61)57-24-14-23-56-55-22-11-13-26-63(55)67-64(56)57/h1-42H. The Bertz CT molecular complexity index is 3940. The van der Waals surface area contributed by atoms with E-state index in [0.717, 1.165) is 28.3 Å². The molecule has 0 aliphatic heterocycles. The summed E-state index contributed by atoms with van der Waals surface area (Å²) in [7, 11) is 0. The summed E-state index contributed by atoms with van der Waals surface area (Å²) in [5.74, 6) is 0. The zero-order chi connectivity index (χ0) is 44.3. The monoisotopic (exact) mass is 870 g/mol. The van der Waals surface area contributed by atoms with Crippen LogP contribution in [0, 0.1) is 0 Å². The Morgan fingerprint density at radius 3 is 1.51 bits per heavy atom. The lowest BCUT2D eigenvalue weighted by atomic mass is 9.96. The second-order valence-electron chi connectivity index (χ2n) is 17.3. The fourth-order valence-electron chi connectivity index (χ4n) is 10.1. The van der Waals surface area contributed by atoms with Gasteiger partial charge in [-0.05, 0) is 117 Å². The maximum absolute atomic E-state index is 2.47. The molecule has 0 bridgehead atoms. The van der Waals surface area contributed by atoms with E-state index in [1.54, 1.807) is 0 Å². The lowest BCUT2D eigenvalue weighted by Gasteiger charge is -2.29. The van der Waals surface area contributed by atoms with Gasteiger partial charge >= 0.3 is 0 Å². The summed E-state index contributed by atoms with van der Waals surface area (Å²) in [6.45, 7) is 0. The van der Waals surface area contributed by atoms with Crippen LogP contribution < -0.4 is 4.90 Å². The predicted octanol–water partition coefficient (Wildman–Crippen LogP) is 18.4. The minimum absolute atomic E-state index is 1.08. The molecule has 314 valence electrons. The molecular weight excluding hydrogens is 829 g/mol. The van der Waals surface area contributed by atoms with Crippen LogP contribution in [0.25, 0.3) is 103 Å². The van der Waals surface area contributed by atoms with Gasteiger partial charge in [0, 0.05) is 59.1 Å². The van der Waals surface area contributed by atoms with Crippen molar-refractivity contribution < 1.29 is 0 Å². The van der Waals surface area contributed by atoms with E-state index in [2.05, 4.69) is 264 Å². The summed E-state index contributed by atoms with van der Waals surface area (Å²) in [6.07, 6.45) is 0. The van der Waals surface area contributed by atoms with Crippen LogP contribution in [0.4, 0.5) is 17.1 Å². The number of rotatable bonds is 8. The summed E-state index contributed by atoms with van der Waals surface area (Å²) >= 11 is 1.88. The summed E-state index contributed by atoms with van der Waals surface area (Å²) in [5.41, 5.74) is 16.3. The van der Waals surface area contributed by atoms with Gasteiger partial charge in [-0.2, -0.15) is 0 Å². The molecule has 0 amide bonds. The summed E-state index contributed by atoms with van der Waals surface area (Å²) in [6, 6.07) is 93.3. The van der Waals surface area contributed by atoms with Crippen molar-refractivity contribution in [3.8, 4) is 50.2 Å². The number of anilines is 3. The zero-order valence-corrected chi connectivity index (χ0v) is 37.4. The fraction of sp³-hybridized carbons (Fsp3) is 0. The number of benzene rings is 11. The van der Waals surface area contributed by atoms with Gasteiger partial charge < -0.3 is 9.47 Å². The topological polar surface area (TPSA) is 8.17 Å². The molecular formula is C64H42N2S. The van der Waals surface area contributed by atoms with Gasteiger partial charge in [0.25, 0.3) is 0 Å². The van der Waals surface area contributed by atoms with Crippen LogP contribution >= 0.6 is 11.3 Å². The van der Waals surface area contributed by atoms with E-state index in [9.17, 15) is 0 Å².